The Balaban J connectivity index is 1.87. The van der Waals surface area contributed by atoms with E-state index in [0.717, 1.165) is 17.7 Å². The predicted octanol–water partition coefficient (Wildman–Crippen LogP) is 2.04. The molecule has 2 N–H and O–H groups in total. The average Bonchev–Trinajstić information content (AvgIpc) is 3.03. The molecule has 6 nitrogen and oxygen atoms in total. The second-order valence-corrected chi connectivity index (χ2v) is 5.64. The molecule has 0 spiro atoms. The molecule has 1 aromatic rings. The van der Waals surface area contributed by atoms with Crippen LogP contribution in [0.5, 0.6) is 0 Å². The number of carbonyl (C=O) groups excluding carboxylic acids is 2. The van der Waals surface area contributed by atoms with E-state index in [9.17, 15) is 14.4 Å². The van der Waals surface area contributed by atoms with Gasteiger partial charge in [-0.05, 0) is 30.9 Å². The van der Waals surface area contributed by atoms with Crippen LogP contribution in [-0.2, 0) is 20.8 Å². The van der Waals surface area contributed by atoms with Crippen LogP contribution in [0.3, 0.4) is 0 Å². The smallest absolute Gasteiger partial charge is 0.326 e. The van der Waals surface area contributed by atoms with E-state index in [1.54, 1.807) is 0 Å². The van der Waals surface area contributed by atoms with Crippen molar-refractivity contribution in [1.29, 1.82) is 0 Å². The van der Waals surface area contributed by atoms with Gasteiger partial charge in [0.15, 0.2) is 0 Å². The van der Waals surface area contributed by atoms with Crippen LogP contribution in [-0.4, -0.2) is 40.4 Å². The fourth-order valence-corrected chi connectivity index (χ4v) is 2.85. The maximum Gasteiger partial charge on any atom is 0.326 e. The van der Waals surface area contributed by atoms with Crippen LogP contribution in [0, 0.1) is 0 Å². The lowest BCUT2D eigenvalue weighted by atomic mass is 10.1. The van der Waals surface area contributed by atoms with Crippen molar-refractivity contribution in [1.82, 2.24) is 4.90 Å². The number of amides is 2. The van der Waals surface area contributed by atoms with Gasteiger partial charge in [-0.3, -0.25) is 9.59 Å². The highest BCUT2D eigenvalue weighted by Crippen LogP contribution is 2.19. The Morgan fingerprint density at radius 2 is 2.00 bits per heavy atom. The van der Waals surface area contributed by atoms with Crippen molar-refractivity contribution in [2.24, 2.45) is 0 Å². The number of para-hydroxylation sites is 1. The van der Waals surface area contributed by atoms with Crippen molar-refractivity contribution in [3.63, 3.8) is 0 Å². The Hall–Kier alpha value is -2.37. The number of rotatable bonds is 6. The third kappa shape index (κ3) is 4.31. The zero-order valence-electron chi connectivity index (χ0n) is 13.2. The Morgan fingerprint density at radius 1 is 1.26 bits per heavy atom. The summed E-state index contributed by atoms with van der Waals surface area (Å²) in [6.07, 6.45) is 2.07. The van der Waals surface area contributed by atoms with Crippen LogP contribution in [0.1, 0.15) is 38.2 Å². The molecule has 2 amide bonds. The SMILES string of the molecule is CCc1ccccc1NC(=O)CCC(=O)N1CCCC1C(=O)O. The van der Waals surface area contributed by atoms with Crippen molar-refractivity contribution in [3.05, 3.63) is 29.8 Å². The van der Waals surface area contributed by atoms with Crippen LogP contribution in [0.15, 0.2) is 24.3 Å². The zero-order valence-corrected chi connectivity index (χ0v) is 13.2. The van der Waals surface area contributed by atoms with E-state index in [1.807, 2.05) is 31.2 Å². The van der Waals surface area contributed by atoms with Gasteiger partial charge in [-0.25, -0.2) is 4.79 Å². The first-order chi connectivity index (χ1) is 11.0. The highest BCUT2D eigenvalue weighted by Gasteiger charge is 2.33. The minimum Gasteiger partial charge on any atom is -0.480 e. The molecule has 6 heteroatoms. The van der Waals surface area contributed by atoms with Gasteiger partial charge in [-0.2, -0.15) is 0 Å². The molecule has 1 atom stereocenters. The number of carboxylic acid groups (broad SMARTS) is 1. The van der Waals surface area contributed by atoms with Crippen molar-refractivity contribution >= 4 is 23.5 Å². The Bertz CT molecular complexity index is 600. The van der Waals surface area contributed by atoms with Gasteiger partial charge >= 0.3 is 5.97 Å². The summed E-state index contributed by atoms with van der Waals surface area (Å²) in [7, 11) is 0. The molecule has 1 aromatic carbocycles. The van der Waals surface area contributed by atoms with E-state index in [-0.39, 0.29) is 24.7 Å². The highest BCUT2D eigenvalue weighted by molar-refractivity contribution is 5.94. The first kappa shape index (κ1) is 17.0. The Morgan fingerprint density at radius 3 is 2.70 bits per heavy atom. The number of hydrogen-bond acceptors (Lipinski definition) is 3. The number of carbonyl (C=O) groups is 3. The highest BCUT2D eigenvalue weighted by atomic mass is 16.4. The molecular weight excluding hydrogens is 296 g/mol. The first-order valence-corrected chi connectivity index (χ1v) is 7.93. The van der Waals surface area contributed by atoms with Crippen LogP contribution in [0.25, 0.3) is 0 Å². The van der Waals surface area contributed by atoms with E-state index in [0.29, 0.717) is 19.4 Å². The van der Waals surface area contributed by atoms with E-state index in [4.69, 9.17) is 5.11 Å². The summed E-state index contributed by atoms with van der Waals surface area (Å²) in [5, 5.41) is 11.9. The molecule has 2 rings (SSSR count). The third-order valence-corrected chi connectivity index (χ3v) is 4.10. The molecule has 1 fully saturated rings. The Kier molecular flexibility index (Phi) is 5.73. The summed E-state index contributed by atoms with van der Waals surface area (Å²) in [6, 6.07) is 6.80. The van der Waals surface area contributed by atoms with E-state index >= 15 is 0 Å². The fourth-order valence-electron chi connectivity index (χ4n) is 2.85. The lowest BCUT2D eigenvalue weighted by Gasteiger charge is -2.21. The topological polar surface area (TPSA) is 86.7 Å². The fraction of sp³-hybridized carbons (Fsp3) is 0.471. The first-order valence-electron chi connectivity index (χ1n) is 7.93. The van der Waals surface area contributed by atoms with Gasteiger partial charge in [0.2, 0.25) is 11.8 Å². The van der Waals surface area contributed by atoms with Gasteiger partial charge in [0.25, 0.3) is 0 Å². The number of anilines is 1. The van der Waals surface area contributed by atoms with Crippen LogP contribution in [0.2, 0.25) is 0 Å². The van der Waals surface area contributed by atoms with Gasteiger partial charge in [-0.1, -0.05) is 25.1 Å². The zero-order chi connectivity index (χ0) is 16.8. The predicted molar refractivity (Wildman–Crippen MR) is 86.1 cm³/mol. The third-order valence-electron chi connectivity index (χ3n) is 4.10. The number of nitrogens with zero attached hydrogens (tertiary/aromatic N) is 1. The Labute approximate surface area is 135 Å². The summed E-state index contributed by atoms with van der Waals surface area (Å²) < 4.78 is 0. The molecule has 1 unspecified atom stereocenters. The van der Waals surface area contributed by atoms with E-state index in [2.05, 4.69) is 5.32 Å². The maximum atomic E-state index is 12.1. The van der Waals surface area contributed by atoms with Crippen molar-refractivity contribution in [3.8, 4) is 0 Å². The number of hydrogen-bond donors (Lipinski definition) is 2. The molecule has 0 saturated carbocycles. The van der Waals surface area contributed by atoms with Gasteiger partial charge in [0.1, 0.15) is 6.04 Å². The second kappa shape index (κ2) is 7.76. The van der Waals surface area contributed by atoms with E-state index < -0.39 is 12.0 Å². The molecule has 1 aliphatic heterocycles. The number of aryl methyl sites for hydroxylation is 1. The quantitative estimate of drug-likeness (QED) is 0.840. The molecule has 0 radical (unpaired) electrons. The summed E-state index contributed by atoms with van der Waals surface area (Å²) >= 11 is 0. The molecule has 0 aliphatic carbocycles. The summed E-state index contributed by atoms with van der Waals surface area (Å²) in [4.78, 5) is 36.6. The summed E-state index contributed by atoms with van der Waals surface area (Å²) in [6.45, 7) is 2.46. The van der Waals surface area contributed by atoms with Gasteiger partial charge in [0, 0.05) is 25.1 Å². The molecule has 23 heavy (non-hydrogen) atoms. The second-order valence-electron chi connectivity index (χ2n) is 5.64. The lowest BCUT2D eigenvalue weighted by molar-refractivity contribution is -0.148. The lowest BCUT2D eigenvalue weighted by Crippen LogP contribution is -2.40. The van der Waals surface area contributed by atoms with Crippen LogP contribution < -0.4 is 5.32 Å². The molecule has 1 aliphatic rings. The van der Waals surface area contributed by atoms with Crippen LogP contribution >= 0.6 is 0 Å². The monoisotopic (exact) mass is 318 g/mol. The number of carboxylic acids is 1. The van der Waals surface area contributed by atoms with Gasteiger partial charge < -0.3 is 15.3 Å². The minimum atomic E-state index is -0.975. The molecular formula is C17H22N2O4. The number of aliphatic carboxylic acids is 1. The number of likely N-dealkylation sites (tertiary alicyclic amines) is 1. The van der Waals surface area contributed by atoms with Gasteiger partial charge in [0.05, 0.1) is 0 Å². The van der Waals surface area contributed by atoms with Crippen molar-refractivity contribution < 1.29 is 19.5 Å². The summed E-state index contributed by atoms with van der Waals surface area (Å²) in [5.74, 6) is -1.48. The molecule has 1 saturated heterocycles. The van der Waals surface area contributed by atoms with Crippen LogP contribution in [0.4, 0.5) is 5.69 Å². The van der Waals surface area contributed by atoms with Crippen molar-refractivity contribution in [2.45, 2.75) is 45.1 Å². The molecule has 124 valence electrons. The molecule has 1 heterocycles. The molecule has 0 bridgehead atoms. The molecule has 0 aromatic heterocycles. The van der Waals surface area contributed by atoms with Gasteiger partial charge in [-0.15, -0.1) is 0 Å². The normalized spacial score (nSPS) is 17.1. The largest absolute Gasteiger partial charge is 0.480 e. The maximum absolute atomic E-state index is 12.1. The average molecular weight is 318 g/mol. The minimum absolute atomic E-state index is 0.0317. The van der Waals surface area contributed by atoms with Crippen molar-refractivity contribution in [2.75, 3.05) is 11.9 Å². The standard InChI is InChI=1S/C17H22N2O4/c1-2-12-6-3-4-7-13(12)18-15(20)9-10-16(21)19-11-5-8-14(19)17(22)23/h3-4,6-7,14H,2,5,8-11H2,1H3,(H,18,20)(H,22,23). The number of nitrogens with one attached hydrogen (secondary N) is 1. The number of benzene rings is 1. The summed E-state index contributed by atoms with van der Waals surface area (Å²) in [5.41, 5.74) is 1.80. The van der Waals surface area contributed by atoms with E-state index in [1.165, 1.54) is 4.90 Å².